The van der Waals surface area contributed by atoms with E-state index in [0.717, 1.165) is 0 Å². The molecular weight excluding hydrogens is 258 g/mol. The molecule has 0 atom stereocenters. The van der Waals surface area contributed by atoms with Crippen molar-refractivity contribution in [2.75, 3.05) is 19.6 Å². The summed E-state index contributed by atoms with van der Waals surface area (Å²) >= 11 is 0. The largest absolute Gasteiger partial charge is 0.338 e. The number of aromatic amines is 1. The third kappa shape index (κ3) is 4.11. The fourth-order valence-corrected chi connectivity index (χ4v) is 1.88. The van der Waals surface area contributed by atoms with Crippen LogP contribution in [0.2, 0.25) is 0 Å². The Morgan fingerprint density at radius 3 is 2.79 bits per heavy atom. The van der Waals surface area contributed by atoms with Crippen molar-refractivity contribution in [3.63, 3.8) is 0 Å². The highest BCUT2D eigenvalue weighted by atomic mass is 19.3. The van der Waals surface area contributed by atoms with Crippen LogP contribution in [0.5, 0.6) is 0 Å². The molecule has 106 valence electrons. The summed E-state index contributed by atoms with van der Waals surface area (Å²) in [4.78, 5) is 13.1. The van der Waals surface area contributed by atoms with Crippen molar-refractivity contribution in [2.24, 2.45) is 0 Å². The van der Waals surface area contributed by atoms with Crippen LogP contribution in [0.1, 0.15) is 25.1 Å². The molecule has 2 heterocycles. The molecule has 0 radical (unpaired) electrons. The number of nitrogens with zero attached hydrogens (tertiary/aromatic N) is 4. The number of hydrogen-bond donors (Lipinski definition) is 2. The van der Waals surface area contributed by atoms with Gasteiger partial charge < -0.3 is 10.2 Å². The van der Waals surface area contributed by atoms with Crippen LogP contribution < -0.4 is 5.32 Å². The number of H-pyrrole nitrogens is 1. The number of aryl methyl sites for hydroxylation is 1. The summed E-state index contributed by atoms with van der Waals surface area (Å²) in [6.07, 6.45) is 0.761. The van der Waals surface area contributed by atoms with Crippen LogP contribution in [0.25, 0.3) is 0 Å². The van der Waals surface area contributed by atoms with E-state index in [-0.39, 0.29) is 32.0 Å². The van der Waals surface area contributed by atoms with Crippen molar-refractivity contribution in [1.29, 1.82) is 0 Å². The predicted octanol–water partition coefficient (Wildman–Crippen LogP) is 0.573. The molecule has 2 amide bonds. The van der Waals surface area contributed by atoms with Gasteiger partial charge in [-0.15, -0.1) is 10.2 Å². The number of piperidine rings is 1. The molecule has 9 heteroatoms. The highest BCUT2D eigenvalue weighted by Gasteiger charge is 2.35. The Bertz CT molecular complexity index is 400. The molecule has 2 rings (SSSR count). The molecule has 1 aromatic rings. The van der Waals surface area contributed by atoms with E-state index in [0.29, 0.717) is 25.2 Å². The average Bonchev–Trinajstić information content (AvgIpc) is 2.87. The van der Waals surface area contributed by atoms with Crippen molar-refractivity contribution in [3.8, 4) is 0 Å². The van der Waals surface area contributed by atoms with Gasteiger partial charge in [0.05, 0.1) is 0 Å². The van der Waals surface area contributed by atoms with E-state index < -0.39 is 5.92 Å². The Balaban J connectivity index is 1.62. The topological polar surface area (TPSA) is 86.8 Å². The highest BCUT2D eigenvalue weighted by molar-refractivity contribution is 5.74. The maximum absolute atomic E-state index is 12.9. The summed E-state index contributed by atoms with van der Waals surface area (Å²) in [6, 6.07) is -0.288. The SMILES string of the molecule is O=C(NCCCc1nn[nH]n1)N1CCC(F)(F)CC1. The second-order valence-corrected chi connectivity index (χ2v) is 4.51. The summed E-state index contributed by atoms with van der Waals surface area (Å²) in [7, 11) is 0. The Morgan fingerprint density at radius 1 is 1.42 bits per heavy atom. The van der Waals surface area contributed by atoms with Gasteiger partial charge in [-0.1, -0.05) is 5.21 Å². The molecule has 1 aliphatic rings. The first kappa shape index (κ1) is 13.6. The van der Waals surface area contributed by atoms with Crippen LogP contribution in [0, 0.1) is 0 Å². The van der Waals surface area contributed by atoms with Crippen molar-refractivity contribution in [3.05, 3.63) is 5.82 Å². The molecule has 19 heavy (non-hydrogen) atoms. The fraction of sp³-hybridized carbons (Fsp3) is 0.800. The standard InChI is InChI=1S/C10H16F2N6O/c11-10(12)3-6-18(7-4-10)9(19)13-5-1-2-8-14-16-17-15-8/h1-7H2,(H,13,19)(H,14,15,16,17). The molecule has 0 aliphatic carbocycles. The van der Waals surface area contributed by atoms with Gasteiger partial charge >= 0.3 is 6.03 Å². The van der Waals surface area contributed by atoms with Gasteiger partial charge in [0, 0.05) is 38.9 Å². The Labute approximate surface area is 108 Å². The summed E-state index contributed by atoms with van der Waals surface area (Å²) in [5, 5.41) is 16.0. The quantitative estimate of drug-likeness (QED) is 0.786. The van der Waals surface area contributed by atoms with Gasteiger partial charge in [-0.05, 0) is 6.42 Å². The number of carbonyl (C=O) groups excluding carboxylic acids is 1. The molecular formula is C10H16F2N6O. The lowest BCUT2D eigenvalue weighted by atomic mass is 10.1. The van der Waals surface area contributed by atoms with E-state index in [1.54, 1.807) is 0 Å². The molecule has 0 spiro atoms. The lowest BCUT2D eigenvalue weighted by Gasteiger charge is -2.31. The number of rotatable bonds is 4. The van der Waals surface area contributed by atoms with Crippen LogP contribution in [-0.4, -0.2) is 57.1 Å². The number of aromatic nitrogens is 4. The molecule has 0 unspecified atom stereocenters. The van der Waals surface area contributed by atoms with Crippen LogP contribution in [0.4, 0.5) is 13.6 Å². The number of likely N-dealkylation sites (tertiary alicyclic amines) is 1. The van der Waals surface area contributed by atoms with E-state index in [1.807, 2.05) is 0 Å². The third-order valence-electron chi connectivity index (χ3n) is 3.02. The Kier molecular flexibility index (Phi) is 4.23. The molecule has 2 N–H and O–H groups in total. The minimum Gasteiger partial charge on any atom is -0.338 e. The number of urea groups is 1. The Hall–Kier alpha value is -1.80. The number of hydrogen-bond acceptors (Lipinski definition) is 4. The molecule has 0 saturated carbocycles. The zero-order chi connectivity index (χ0) is 13.7. The van der Waals surface area contributed by atoms with Gasteiger partial charge in [-0.2, -0.15) is 5.21 Å². The first-order valence-electron chi connectivity index (χ1n) is 6.20. The monoisotopic (exact) mass is 274 g/mol. The van der Waals surface area contributed by atoms with Crippen molar-refractivity contribution < 1.29 is 13.6 Å². The van der Waals surface area contributed by atoms with Crippen LogP contribution in [0.15, 0.2) is 0 Å². The fourth-order valence-electron chi connectivity index (χ4n) is 1.88. The zero-order valence-corrected chi connectivity index (χ0v) is 10.4. The minimum absolute atomic E-state index is 0.101. The molecule has 1 aliphatic heterocycles. The van der Waals surface area contributed by atoms with Gasteiger partial charge in [-0.3, -0.25) is 0 Å². The van der Waals surface area contributed by atoms with Gasteiger partial charge in [-0.25, -0.2) is 13.6 Å². The van der Waals surface area contributed by atoms with Gasteiger partial charge in [0.15, 0.2) is 5.82 Å². The maximum atomic E-state index is 12.9. The van der Waals surface area contributed by atoms with Gasteiger partial charge in [0.2, 0.25) is 0 Å². The van der Waals surface area contributed by atoms with E-state index in [1.165, 1.54) is 4.90 Å². The third-order valence-corrected chi connectivity index (χ3v) is 3.02. The molecule has 7 nitrogen and oxygen atoms in total. The number of tetrazole rings is 1. The highest BCUT2D eigenvalue weighted by Crippen LogP contribution is 2.27. The van der Waals surface area contributed by atoms with Crippen molar-refractivity contribution in [2.45, 2.75) is 31.6 Å². The lowest BCUT2D eigenvalue weighted by Crippen LogP contribution is -2.47. The number of alkyl halides is 2. The summed E-state index contributed by atoms with van der Waals surface area (Å²) in [6.45, 7) is 0.660. The van der Waals surface area contributed by atoms with Crippen LogP contribution in [-0.2, 0) is 6.42 Å². The minimum atomic E-state index is -2.63. The second kappa shape index (κ2) is 5.89. The molecule has 0 aromatic carbocycles. The number of amides is 2. The van der Waals surface area contributed by atoms with Crippen molar-refractivity contribution in [1.82, 2.24) is 30.8 Å². The molecule has 1 saturated heterocycles. The van der Waals surface area contributed by atoms with Gasteiger partial charge in [0.1, 0.15) is 0 Å². The second-order valence-electron chi connectivity index (χ2n) is 4.51. The van der Waals surface area contributed by atoms with E-state index in [9.17, 15) is 13.6 Å². The normalized spacial score (nSPS) is 18.3. The predicted molar refractivity (Wildman–Crippen MR) is 61.7 cm³/mol. The summed E-state index contributed by atoms with van der Waals surface area (Å²) < 4.78 is 25.8. The average molecular weight is 274 g/mol. The zero-order valence-electron chi connectivity index (χ0n) is 10.4. The van der Waals surface area contributed by atoms with E-state index >= 15 is 0 Å². The number of halogens is 2. The first-order valence-corrected chi connectivity index (χ1v) is 6.20. The van der Waals surface area contributed by atoms with Crippen molar-refractivity contribution >= 4 is 6.03 Å². The lowest BCUT2D eigenvalue weighted by molar-refractivity contribution is -0.0469. The molecule has 1 aromatic heterocycles. The first-order chi connectivity index (χ1) is 9.07. The maximum Gasteiger partial charge on any atom is 0.317 e. The summed E-state index contributed by atoms with van der Waals surface area (Å²) in [5.41, 5.74) is 0. The number of nitrogens with one attached hydrogen (secondary N) is 2. The smallest absolute Gasteiger partial charge is 0.317 e. The van der Waals surface area contributed by atoms with Crippen LogP contribution in [0.3, 0.4) is 0 Å². The van der Waals surface area contributed by atoms with Gasteiger partial charge in [0.25, 0.3) is 5.92 Å². The summed E-state index contributed by atoms with van der Waals surface area (Å²) in [5.74, 6) is -2.04. The van der Waals surface area contributed by atoms with E-state index in [2.05, 4.69) is 25.9 Å². The molecule has 1 fully saturated rings. The molecule has 0 bridgehead atoms. The van der Waals surface area contributed by atoms with E-state index in [4.69, 9.17) is 0 Å². The number of carbonyl (C=O) groups is 1. The Morgan fingerprint density at radius 2 is 2.16 bits per heavy atom. The van der Waals surface area contributed by atoms with Crippen LogP contribution >= 0.6 is 0 Å².